The lowest BCUT2D eigenvalue weighted by Crippen LogP contribution is -2.04. The van der Waals surface area contributed by atoms with Crippen LogP contribution in [-0.4, -0.2) is 10.3 Å². The SMILES string of the molecule is CCC(Cl)Cc1cc(C)ccc1[N+](=O)[O-]. The van der Waals surface area contributed by atoms with Gasteiger partial charge in [0.2, 0.25) is 0 Å². The fourth-order valence-corrected chi connectivity index (χ4v) is 1.61. The average molecular weight is 228 g/mol. The summed E-state index contributed by atoms with van der Waals surface area (Å²) in [5, 5.41) is 10.7. The van der Waals surface area contributed by atoms with Gasteiger partial charge in [-0.15, -0.1) is 11.6 Å². The lowest BCUT2D eigenvalue weighted by Gasteiger charge is -2.07. The molecule has 0 saturated heterocycles. The summed E-state index contributed by atoms with van der Waals surface area (Å²) >= 11 is 6.01. The molecule has 0 aliphatic heterocycles. The molecule has 1 aromatic carbocycles. The first-order chi connectivity index (χ1) is 7.04. The number of nitrogens with zero attached hydrogens (tertiary/aromatic N) is 1. The third-order valence-electron chi connectivity index (χ3n) is 2.32. The van der Waals surface area contributed by atoms with E-state index in [1.807, 2.05) is 19.9 Å². The van der Waals surface area contributed by atoms with Crippen molar-refractivity contribution < 1.29 is 4.92 Å². The Kier molecular flexibility index (Phi) is 4.09. The van der Waals surface area contributed by atoms with Crippen LogP contribution in [0.3, 0.4) is 0 Å². The highest BCUT2D eigenvalue weighted by molar-refractivity contribution is 6.20. The van der Waals surface area contributed by atoms with Crippen molar-refractivity contribution in [2.75, 3.05) is 0 Å². The molecule has 0 aromatic heterocycles. The standard InChI is InChI=1S/C11H14ClNO2/c1-3-10(12)7-9-6-8(2)4-5-11(9)13(14)15/h4-6,10H,3,7H2,1-2H3. The molecule has 0 aliphatic carbocycles. The van der Waals surface area contributed by atoms with Gasteiger partial charge in [-0.3, -0.25) is 10.1 Å². The molecule has 0 N–H and O–H groups in total. The molecule has 15 heavy (non-hydrogen) atoms. The molecule has 0 amide bonds. The minimum Gasteiger partial charge on any atom is -0.258 e. The summed E-state index contributed by atoms with van der Waals surface area (Å²) in [6.45, 7) is 3.89. The minimum absolute atomic E-state index is 0.0366. The third kappa shape index (κ3) is 3.20. The molecular formula is C11H14ClNO2. The first-order valence-electron chi connectivity index (χ1n) is 4.92. The van der Waals surface area contributed by atoms with Gasteiger partial charge in [0.1, 0.15) is 0 Å². The summed E-state index contributed by atoms with van der Waals surface area (Å²) < 4.78 is 0. The van der Waals surface area contributed by atoms with Gasteiger partial charge in [-0.25, -0.2) is 0 Å². The Balaban J connectivity index is 3.02. The zero-order valence-corrected chi connectivity index (χ0v) is 9.62. The number of benzene rings is 1. The van der Waals surface area contributed by atoms with Gasteiger partial charge in [-0.2, -0.15) is 0 Å². The van der Waals surface area contributed by atoms with Gasteiger partial charge < -0.3 is 0 Å². The van der Waals surface area contributed by atoms with Crippen molar-refractivity contribution in [3.05, 3.63) is 39.4 Å². The minimum atomic E-state index is -0.353. The van der Waals surface area contributed by atoms with E-state index in [1.165, 1.54) is 0 Å². The number of nitro benzene ring substituents is 1. The van der Waals surface area contributed by atoms with E-state index >= 15 is 0 Å². The normalized spacial score (nSPS) is 12.5. The summed E-state index contributed by atoms with van der Waals surface area (Å²) in [7, 11) is 0. The Hall–Kier alpha value is -1.09. The number of hydrogen-bond donors (Lipinski definition) is 0. The smallest absolute Gasteiger partial charge is 0.258 e. The Morgan fingerprint density at radius 3 is 2.73 bits per heavy atom. The second-order valence-electron chi connectivity index (χ2n) is 3.60. The second kappa shape index (κ2) is 5.12. The maximum atomic E-state index is 10.8. The van der Waals surface area contributed by atoms with Gasteiger partial charge >= 0.3 is 0 Å². The molecule has 1 unspecified atom stereocenters. The fourth-order valence-electron chi connectivity index (χ4n) is 1.44. The molecule has 0 radical (unpaired) electrons. The second-order valence-corrected chi connectivity index (χ2v) is 4.22. The first kappa shape index (κ1) is 12.0. The largest absolute Gasteiger partial charge is 0.272 e. The molecule has 4 heteroatoms. The van der Waals surface area contributed by atoms with E-state index in [9.17, 15) is 10.1 Å². The molecule has 0 aliphatic rings. The van der Waals surface area contributed by atoms with Crippen LogP contribution < -0.4 is 0 Å². The lowest BCUT2D eigenvalue weighted by atomic mass is 10.0. The van der Waals surface area contributed by atoms with Crippen LogP contribution >= 0.6 is 11.6 Å². The summed E-state index contributed by atoms with van der Waals surface area (Å²) in [5.74, 6) is 0. The maximum absolute atomic E-state index is 10.8. The summed E-state index contributed by atoms with van der Waals surface area (Å²) in [4.78, 5) is 10.4. The van der Waals surface area contributed by atoms with Crippen LogP contribution in [-0.2, 0) is 6.42 Å². The van der Waals surface area contributed by atoms with E-state index in [2.05, 4.69) is 0 Å². The predicted octanol–water partition coefficient (Wildman–Crippen LogP) is 3.46. The lowest BCUT2D eigenvalue weighted by molar-refractivity contribution is -0.385. The number of alkyl halides is 1. The van der Waals surface area contributed by atoms with Crippen LogP contribution in [0.25, 0.3) is 0 Å². The Labute approximate surface area is 94.2 Å². The summed E-state index contributed by atoms with van der Waals surface area (Å²) in [5.41, 5.74) is 1.91. The van der Waals surface area contributed by atoms with Crippen molar-refractivity contribution >= 4 is 17.3 Å². The van der Waals surface area contributed by atoms with Crippen molar-refractivity contribution in [1.82, 2.24) is 0 Å². The molecule has 0 heterocycles. The van der Waals surface area contributed by atoms with Crippen molar-refractivity contribution in [2.24, 2.45) is 0 Å². The van der Waals surface area contributed by atoms with E-state index < -0.39 is 0 Å². The highest BCUT2D eigenvalue weighted by atomic mass is 35.5. The van der Waals surface area contributed by atoms with Gasteiger partial charge in [0.05, 0.1) is 4.92 Å². The number of rotatable bonds is 4. The quantitative estimate of drug-likeness (QED) is 0.449. The van der Waals surface area contributed by atoms with Crippen LogP contribution in [0.1, 0.15) is 24.5 Å². The number of halogens is 1. The fraction of sp³-hybridized carbons (Fsp3) is 0.455. The molecule has 82 valence electrons. The van der Waals surface area contributed by atoms with Gasteiger partial charge in [0.25, 0.3) is 5.69 Å². The first-order valence-corrected chi connectivity index (χ1v) is 5.36. The predicted molar refractivity (Wildman–Crippen MR) is 61.5 cm³/mol. The molecule has 0 spiro atoms. The van der Waals surface area contributed by atoms with Crippen molar-refractivity contribution in [2.45, 2.75) is 32.1 Å². The van der Waals surface area contributed by atoms with Gasteiger partial charge in [-0.05, 0) is 25.8 Å². The molecule has 0 fully saturated rings. The zero-order chi connectivity index (χ0) is 11.4. The number of aryl methyl sites for hydroxylation is 1. The molecule has 3 nitrogen and oxygen atoms in total. The van der Waals surface area contributed by atoms with Gasteiger partial charge in [0.15, 0.2) is 0 Å². The Bertz CT molecular complexity index is 366. The van der Waals surface area contributed by atoms with E-state index in [1.54, 1.807) is 12.1 Å². The molecule has 1 rings (SSSR count). The maximum Gasteiger partial charge on any atom is 0.272 e. The summed E-state index contributed by atoms with van der Waals surface area (Å²) in [6.07, 6.45) is 1.36. The van der Waals surface area contributed by atoms with Crippen LogP contribution in [0.4, 0.5) is 5.69 Å². The van der Waals surface area contributed by atoms with Gasteiger partial charge in [-0.1, -0.05) is 18.6 Å². The van der Waals surface area contributed by atoms with Crippen molar-refractivity contribution in [1.29, 1.82) is 0 Å². The number of hydrogen-bond acceptors (Lipinski definition) is 2. The van der Waals surface area contributed by atoms with Crippen LogP contribution in [0.2, 0.25) is 0 Å². The highest BCUT2D eigenvalue weighted by Crippen LogP contribution is 2.23. The zero-order valence-electron chi connectivity index (χ0n) is 8.87. The van der Waals surface area contributed by atoms with Crippen molar-refractivity contribution in [3.8, 4) is 0 Å². The monoisotopic (exact) mass is 227 g/mol. The van der Waals surface area contributed by atoms with Gasteiger partial charge in [0, 0.05) is 17.0 Å². The molecule has 0 saturated carbocycles. The highest BCUT2D eigenvalue weighted by Gasteiger charge is 2.15. The Morgan fingerprint density at radius 2 is 2.20 bits per heavy atom. The average Bonchev–Trinajstić information content (AvgIpc) is 2.17. The van der Waals surface area contributed by atoms with E-state index in [-0.39, 0.29) is 16.0 Å². The van der Waals surface area contributed by atoms with E-state index in [0.29, 0.717) is 6.42 Å². The van der Waals surface area contributed by atoms with Crippen molar-refractivity contribution in [3.63, 3.8) is 0 Å². The molecule has 0 bridgehead atoms. The van der Waals surface area contributed by atoms with E-state index in [0.717, 1.165) is 17.5 Å². The topological polar surface area (TPSA) is 43.1 Å². The van der Waals surface area contributed by atoms with Crippen LogP contribution in [0.15, 0.2) is 18.2 Å². The molecule has 1 atom stereocenters. The summed E-state index contributed by atoms with van der Waals surface area (Å²) in [6, 6.07) is 5.13. The van der Waals surface area contributed by atoms with Crippen LogP contribution in [0.5, 0.6) is 0 Å². The Morgan fingerprint density at radius 1 is 1.53 bits per heavy atom. The molecular weight excluding hydrogens is 214 g/mol. The number of nitro groups is 1. The molecule has 1 aromatic rings. The van der Waals surface area contributed by atoms with Crippen LogP contribution in [0, 0.1) is 17.0 Å². The third-order valence-corrected chi connectivity index (χ3v) is 2.78. The van der Waals surface area contributed by atoms with E-state index in [4.69, 9.17) is 11.6 Å².